The van der Waals surface area contributed by atoms with Crippen molar-refractivity contribution in [3.05, 3.63) is 88.9 Å². The number of carbonyl (C=O) groups excluding carboxylic acids is 1. The van der Waals surface area contributed by atoms with Gasteiger partial charge in [-0.1, -0.05) is 56.6 Å². The van der Waals surface area contributed by atoms with Gasteiger partial charge in [0, 0.05) is 5.02 Å². The van der Waals surface area contributed by atoms with Gasteiger partial charge in [0.1, 0.15) is 12.3 Å². The van der Waals surface area contributed by atoms with Crippen LogP contribution in [0.2, 0.25) is 5.02 Å². The third kappa shape index (κ3) is 6.80. The predicted octanol–water partition coefficient (Wildman–Crippen LogP) is 6.11. The molecule has 0 bridgehead atoms. The number of carbonyl (C=O) groups is 1. The van der Waals surface area contributed by atoms with Crippen LogP contribution in [0.3, 0.4) is 0 Å². The lowest BCUT2D eigenvalue weighted by Crippen LogP contribution is -2.41. The molecule has 3 rings (SSSR count). The number of nitrogens with zero attached hydrogens (tertiary/aromatic N) is 1. The van der Waals surface area contributed by atoms with Crippen molar-refractivity contribution in [2.24, 2.45) is 0 Å². The number of hydrogen-bond acceptors (Lipinski definition) is 4. The molecule has 0 heterocycles. The number of amides is 1. The molecule has 3 aromatic rings. The van der Waals surface area contributed by atoms with E-state index in [-0.39, 0.29) is 22.9 Å². The van der Waals surface area contributed by atoms with E-state index in [9.17, 15) is 13.2 Å². The smallest absolute Gasteiger partial charge is 0.264 e. The highest BCUT2D eigenvalue weighted by Crippen LogP contribution is 2.27. The van der Waals surface area contributed by atoms with E-state index in [1.165, 1.54) is 29.8 Å². The number of ether oxygens (including phenoxy) is 1. The predicted molar refractivity (Wildman–Crippen MR) is 145 cm³/mol. The Hall–Kier alpha value is -3.03. The molecule has 0 aliphatic rings. The number of anilines is 1. The molecular weight excluding hydrogens is 496 g/mol. The molecule has 0 unspecified atom stereocenters. The van der Waals surface area contributed by atoms with Crippen molar-refractivity contribution in [1.82, 2.24) is 5.32 Å². The van der Waals surface area contributed by atoms with Crippen LogP contribution in [0.25, 0.3) is 0 Å². The Morgan fingerprint density at radius 1 is 0.972 bits per heavy atom. The summed E-state index contributed by atoms with van der Waals surface area (Å²) in [5, 5.41) is 3.35. The lowest BCUT2D eigenvalue weighted by Gasteiger charge is -2.25. The summed E-state index contributed by atoms with van der Waals surface area (Å²) in [5.74, 6) is 0.190. The quantitative estimate of drug-likeness (QED) is 0.363. The molecule has 0 aliphatic heterocycles. The zero-order valence-corrected chi connectivity index (χ0v) is 22.9. The molecular formula is C28H33ClN2O4S. The second-order valence-corrected chi connectivity index (χ2v) is 11.9. The first-order valence-electron chi connectivity index (χ1n) is 11.8. The molecule has 1 N–H and O–H groups in total. The van der Waals surface area contributed by atoms with E-state index < -0.39 is 15.9 Å². The van der Waals surface area contributed by atoms with Crippen molar-refractivity contribution >= 4 is 33.2 Å². The molecule has 0 spiro atoms. The molecule has 0 aromatic heterocycles. The Bertz CT molecular complexity index is 1270. The third-order valence-electron chi connectivity index (χ3n) is 5.78. The summed E-state index contributed by atoms with van der Waals surface area (Å²) in [5.41, 5.74) is 2.51. The number of sulfonamides is 1. The van der Waals surface area contributed by atoms with Crippen LogP contribution in [0.1, 0.15) is 51.8 Å². The summed E-state index contributed by atoms with van der Waals surface area (Å²) in [4.78, 5) is 13.1. The van der Waals surface area contributed by atoms with Crippen molar-refractivity contribution in [2.75, 3.05) is 17.5 Å². The fraction of sp³-hybridized carbons (Fsp3) is 0.321. The molecule has 0 aliphatic carbocycles. The van der Waals surface area contributed by atoms with E-state index in [0.29, 0.717) is 23.1 Å². The first kappa shape index (κ1) is 27.6. The van der Waals surface area contributed by atoms with Crippen LogP contribution in [0.4, 0.5) is 5.69 Å². The summed E-state index contributed by atoms with van der Waals surface area (Å²) in [7, 11) is -4.04. The Morgan fingerprint density at radius 2 is 1.56 bits per heavy atom. The van der Waals surface area contributed by atoms with Gasteiger partial charge in [-0.25, -0.2) is 8.42 Å². The monoisotopic (exact) mass is 528 g/mol. The Labute approximate surface area is 219 Å². The number of benzene rings is 3. The summed E-state index contributed by atoms with van der Waals surface area (Å²) in [6.07, 6.45) is 0. The Kier molecular flexibility index (Phi) is 8.69. The molecule has 1 amide bonds. The minimum Gasteiger partial charge on any atom is -0.494 e. The van der Waals surface area contributed by atoms with Crippen LogP contribution in [-0.4, -0.2) is 27.5 Å². The highest BCUT2D eigenvalue weighted by molar-refractivity contribution is 7.92. The maximum absolute atomic E-state index is 13.5. The second kappa shape index (κ2) is 11.4. The van der Waals surface area contributed by atoms with Gasteiger partial charge in [-0.15, -0.1) is 0 Å². The minimum atomic E-state index is -4.04. The van der Waals surface area contributed by atoms with E-state index in [2.05, 4.69) is 38.2 Å². The van der Waals surface area contributed by atoms with E-state index in [1.807, 2.05) is 26.0 Å². The average molecular weight is 529 g/mol. The SMILES string of the molecule is CCOc1ccc(N(CC(=O)N[C@H](C)c2ccc(C(C)(C)C)cc2)S(=O)(=O)c2ccc(Cl)cc2)cc1. The molecule has 0 saturated heterocycles. The third-order valence-corrected chi connectivity index (χ3v) is 7.82. The summed E-state index contributed by atoms with van der Waals surface area (Å²) in [6, 6.07) is 20.3. The van der Waals surface area contributed by atoms with Crippen LogP contribution in [0.5, 0.6) is 5.75 Å². The molecule has 6 nitrogen and oxygen atoms in total. The van der Waals surface area contributed by atoms with Crippen LogP contribution in [0.15, 0.2) is 77.7 Å². The Balaban J connectivity index is 1.85. The molecule has 192 valence electrons. The van der Waals surface area contributed by atoms with Gasteiger partial charge in [0.2, 0.25) is 5.91 Å². The van der Waals surface area contributed by atoms with Crippen molar-refractivity contribution in [1.29, 1.82) is 0 Å². The van der Waals surface area contributed by atoms with Crippen LogP contribution < -0.4 is 14.4 Å². The van der Waals surface area contributed by atoms with E-state index in [4.69, 9.17) is 16.3 Å². The van der Waals surface area contributed by atoms with Crippen molar-refractivity contribution in [2.45, 2.75) is 51.0 Å². The zero-order valence-electron chi connectivity index (χ0n) is 21.3. The lowest BCUT2D eigenvalue weighted by atomic mass is 9.86. The van der Waals surface area contributed by atoms with Gasteiger partial charge in [0.15, 0.2) is 0 Å². The molecule has 36 heavy (non-hydrogen) atoms. The maximum atomic E-state index is 13.5. The van der Waals surface area contributed by atoms with Crippen molar-refractivity contribution in [3.8, 4) is 5.75 Å². The van der Waals surface area contributed by atoms with Crippen LogP contribution in [0, 0.1) is 0 Å². The summed E-state index contributed by atoms with van der Waals surface area (Å²) < 4.78 is 33.7. The van der Waals surface area contributed by atoms with E-state index in [0.717, 1.165) is 9.87 Å². The first-order chi connectivity index (χ1) is 16.9. The van der Waals surface area contributed by atoms with E-state index in [1.54, 1.807) is 24.3 Å². The number of rotatable bonds is 9. The molecule has 0 saturated carbocycles. The average Bonchev–Trinajstić information content (AvgIpc) is 2.83. The van der Waals surface area contributed by atoms with Crippen molar-refractivity contribution < 1.29 is 17.9 Å². The number of halogens is 1. The molecule has 1 atom stereocenters. The molecule has 3 aromatic carbocycles. The molecule has 0 fully saturated rings. The second-order valence-electron chi connectivity index (χ2n) is 9.55. The van der Waals surface area contributed by atoms with Gasteiger partial charge >= 0.3 is 0 Å². The topological polar surface area (TPSA) is 75.7 Å². The van der Waals surface area contributed by atoms with Gasteiger partial charge in [-0.2, -0.15) is 0 Å². The maximum Gasteiger partial charge on any atom is 0.264 e. The van der Waals surface area contributed by atoms with Gasteiger partial charge < -0.3 is 10.1 Å². The Morgan fingerprint density at radius 3 is 2.08 bits per heavy atom. The standard InChI is InChI=1S/C28H33ClN2O4S/c1-6-35-25-15-13-24(14-16-25)31(36(33,34)26-17-11-23(29)12-18-26)19-27(32)30-20(2)21-7-9-22(10-8-21)28(3,4)5/h7-18,20H,6,19H2,1-5H3,(H,30,32)/t20-/m1/s1. The highest BCUT2D eigenvalue weighted by Gasteiger charge is 2.28. The van der Waals surface area contributed by atoms with Crippen LogP contribution >= 0.6 is 11.6 Å². The first-order valence-corrected chi connectivity index (χ1v) is 13.6. The van der Waals surface area contributed by atoms with Crippen LogP contribution in [-0.2, 0) is 20.2 Å². The fourth-order valence-corrected chi connectivity index (χ4v) is 5.24. The fourth-order valence-electron chi connectivity index (χ4n) is 3.70. The molecule has 8 heteroatoms. The van der Waals surface area contributed by atoms with Crippen molar-refractivity contribution in [3.63, 3.8) is 0 Å². The lowest BCUT2D eigenvalue weighted by molar-refractivity contribution is -0.120. The summed E-state index contributed by atoms with van der Waals surface area (Å²) in [6.45, 7) is 10.3. The summed E-state index contributed by atoms with van der Waals surface area (Å²) >= 11 is 5.95. The van der Waals surface area contributed by atoms with Gasteiger partial charge in [0.05, 0.1) is 23.2 Å². The normalized spacial score (nSPS) is 12.6. The number of nitrogens with one attached hydrogen (secondary N) is 1. The van der Waals surface area contributed by atoms with E-state index >= 15 is 0 Å². The molecule has 0 radical (unpaired) electrons. The zero-order chi connectivity index (χ0) is 26.5. The largest absolute Gasteiger partial charge is 0.494 e. The van der Waals surface area contributed by atoms with Gasteiger partial charge in [-0.3, -0.25) is 9.10 Å². The van der Waals surface area contributed by atoms with Gasteiger partial charge in [-0.05, 0) is 78.9 Å². The minimum absolute atomic E-state index is 0.0270. The van der Waals surface area contributed by atoms with Gasteiger partial charge in [0.25, 0.3) is 10.0 Å². The highest BCUT2D eigenvalue weighted by atomic mass is 35.5. The number of hydrogen-bond donors (Lipinski definition) is 1.